The molecule has 2 rings (SSSR count). The first-order chi connectivity index (χ1) is 6.64. The van der Waals surface area contributed by atoms with Gasteiger partial charge in [-0.1, -0.05) is 13.8 Å². The van der Waals surface area contributed by atoms with Crippen LogP contribution in [0.3, 0.4) is 0 Å². The molecule has 0 radical (unpaired) electrons. The van der Waals surface area contributed by atoms with E-state index in [4.69, 9.17) is 0 Å². The molecule has 0 spiro atoms. The zero-order chi connectivity index (χ0) is 10.2. The normalized spacial score (nSPS) is 30.1. The van der Waals surface area contributed by atoms with Gasteiger partial charge in [0.1, 0.15) is 5.82 Å². The standard InChI is InChI=1S/C12H18N2/c1-4-12(3)8-10(12)14-11-7-9(2)5-6-13-11/h5-7,10H,4,8H2,1-3H3,(H,13,14). The molecule has 76 valence electrons. The van der Waals surface area contributed by atoms with E-state index in [-0.39, 0.29) is 0 Å². The van der Waals surface area contributed by atoms with Crippen molar-refractivity contribution in [3.63, 3.8) is 0 Å². The number of anilines is 1. The second-order valence-electron chi connectivity index (χ2n) is 4.63. The second kappa shape index (κ2) is 3.26. The Labute approximate surface area is 85.7 Å². The summed E-state index contributed by atoms with van der Waals surface area (Å²) in [6, 6.07) is 4.76. The fraction of sp³-hybridized carbons (Fsp3) is 0.583. The zero-order valence-electron chi connectivity index (χ0n) is 9.17. The van der Waals surface area contributed by atoms with Gasteiger partial charge in [0, 0.05) is 12.2 Å². The van der Waals surface area contributed by atoms with Crippen LogP contribution in [0.4, 0.5) is 5.82 Å². The van der Waals surface area contributed by atoms with Crippen molar-refractivity contribution in [3.8, 4) is 0 Å². The molecular formula is C12H18N2. The van der Waals surface area contributed by atoms with Gasteiger partial charge in [-0.05, 0) is 42.9 Å². The van der Waals surface area contributed by atoms with Crippen LogP contribution in [0.2, 0.25) is 0 Å². The average Bonchev–Trinajstić information content (AvgIpc) is 2.78. The number of hydrogen-bond donors (Lipinski definition) is 1. The minimum atomic E-state index is 0.505. The molecule has 0 amide bonds. The molecule has 0 aliphatic heterocycles. The first kappa shape index (κ1) is 9.50. The Hall–Kier alpha value is -1.05. The molecule has 0 aromatic carbocycles. The quantitative estimate of drug-likeness (QED) is 0.792. The van der Waals surface area contributed by atoms with Crippen LogP contribution in [0.5, 0.6) is 0 Å². The molecule has 1 aliphatic rings. The lowest BCUT2D eigenvalue weighted by Gasteiger charge is -2.09. The van der Waals surface area contributed by atoms with Crippen LogP contribution in [-0.4, -0.2) is 11.0 Å². The first-order valence-electron chi connectivity index (χ1n) is 5.33. The third-order valence-corrected chi connectivity index (χ3v) is 3.40. The number of nitrogens with one attached hydrogen (secondary N) is 1. The van der Waals surface area contributed by atoms with Crippen molar-refractivity contribution < 1.29 is 0 Å². The highest BCUT2D eigenvalue weighted by atomic mass is 15.1. The van der Waals surface area contributed by atoms with Crippen molar-refractivity contribution in [2.75, 3.05) is 5.32 Å². The van der Waals surface area contributed by atoms with Gasteiger partial charge >= 0.3 is 0 Å². The molecule has 0 bridgehead atoms. The van der Waals surface area contributed by atoms with E-state index in [2.05, 4.69) is 37.1 Å². The molecule has 2 nitrogen and oxygen atoms in total. The maximum absolute atomic E-state index is 4.31. The molecule has 1 N–H and O–H groups in total. The van der Waals surface area contributed by atoms with E-state index in [1.165, 1.54) is 18.4 Å². The van der Waals surface area contributed by atoms with Crippen LogP contribution in [0.1, 0.15) is 32.3 Å². The summed E-state index contributed by atoms with van der Waals surface area (Å²) in [6.07, 6.45) is 4.39. The fourth-order valence-corrected chi connectivity index (χ4v) is 1.82. The summed E-state index contributed by atoms with van der Waals surface area (Å²) in [6.45, 7) is 6.69. The maximum Gasteiger partial charge on any atom is 0.126 e. The zero-order valence-corrected chi connectivity index (χ0v) is 9.17. The first-order valence-corrected chi connectivity index (χ1v) is 5.33. The summed E-state index contributed by atoms with van der Waals surface area (Å²) in [4.78, 5) is 4.31. The van der Waals surface area contributed by atoms with E-state index in [1.807, 2.05) is 12.3 Å². The number of aromatic nitrogens is 1. The predicted molar refractivity (Wildman–Crippen MR) is 59.4 cm³/mol. The van der Waals surface area contributed by atoms with E-state index in [0.717, 1.165) is 5.82 Å². The number of pyridine rings is 1. The van der Waals surface area contributed by atoms with Crippen molar-refractivity contribution in [2.24, 2.45) is 5.41 Å². The maximum atomic E-state index is 4.31. The van der Waals surface area contributed by atoms with Gasteiger partial charge in [0.15, 0.2) is 0 Å². The number of aryl methyl sites for hydroxylation is 1. The SMILES string of the molecule is CCC1(C)CC1Nc1cc(C)ccn1. The van der Waals surface area contributed by atoms with Gasteiger partial charge in [-0.2, -0.15) is 0 Å². The molecule has 1 aromatic rings. The Morgan fingerprint density at radius 1 is 1.64 bits per heavy atom. The monoisotopic (exact) mass is 190 g/mol. The van der Waals surface area contributed by atoms with Crippen LogP contribution < -0.4 is 5.32 Å². The van der Waals surface area contributed by atoms with Gasteiger partial charge in [-0.25, -0.2) is 4.98 Å². The topological polar surface area (TPSA) is 24.9 Å². The van der Waals surface area contributed by atoms with Gasteiger partial charge in [-0.15, -0.1) is 0 Å². The molecule has 2 unspecified atom stereocenters. The largest absolute Gasteiger partial charge is 0.367 e. The van der Waals surface area contributed by atoms with Crippen LogP contribution in [0.25, 0.3) is 0 Å². The molecule has 1 fully saturated rings. The van der Waals surface area contributed by atoms with Crippen LogP contribution in [0.15, 0.2) is 18.3 Å². The highest BCUT2D eigenvalue weighted by Crippen LogP contribution is 2.49. The Kier molecular flexibility index (Phi) is 2.22. The van der Waals surface area contributed by atoms with E-state index in [1.54, 1.807) is 0 Å². The Balaban J connectivity index is 2.00. The Bertz CT molecular complexity index is 335. The van der Waals surface area contributed by atoms with Gasteiger partial charge in [0.25, 0.3) is 0 Å². The molecule has 1 aliphatic carbocycles. The van der Waals surface area contributed by atoms with E-state index in [9.17, 15) is 0 Å². The highest BCUT2D eigenvalue weighted by molar-refractivity contribution is 5.40. The van der Waals surface area contributed by atoms with Gasteiger partial charge < -0.3 is 5.32 Å². The summed E-state index contributed by atoms with van der Waals surface area (Å²) in [5, 5.41) is 3.49. The summed E-state index contributed by atoms with van der Waals surface area (Å²) in [5.74, 6) is 1.02. The molecule has 0 saturated heterocycles. The third kappa shape index (κ3) is 1.74. The van der Waals surface area contributed by atoms with Crippen molar-refractivity contribution in [1.82, 2.24) is 4.98 Å². The van der Waals surface area contributed by atoms with Crippen molar-refractivity contribution in [3.05, 3.63) is 23.9 Å². The molecular weight excluding hydrogens is 172 g/mol. The molecule has 2 atom stereocenters. The lowest BCUT2D eigenvalue weighted by molar-refractivity contribution is 0.535. The number of rotatable bonds is 3. The lowest BCUT2D eigenvalue weighted by atomic mass is 10.1. The van der Waals surface area contributed by atoms with Crippen molar-refractivity contribution >= 4 is 5.82 Å². The van der Waals surface area contributed by atoms with Crippen LogP contribution >= 0.6 is 0 Å². The molecule has 2 heteroatoms. The van der Waals surface area contributed by atoms with E-state index in [0.29, 0.717) is 11.5 Å². The van der Waals surface area contributed by atoms with Gasteiger partial charge in [0.05, 0.1) is 0 Å². The van der Waals surface area contributed by atoms with Crippen LogP contribution in [-0.2, 0) is 0 Å². The molecule has 1 aromatic heterocycles. The summed E-state index contributed by atoms with van der Waals surface area (Å²) in [5.41, 5.74) is 1.77. The number of hydrogen-bond acceptors (Lipinski definition) is 2. The average molecular weight is 190 g/mol. The minimum absolute atomic E-state index is 0.505. The molecule has 1 heterocycles. The van der Waals surface area contributed by atoms with Crippen molar-refractivity contribution in [2.45, 2.75) is 39.7 Å². The molecule has 1 saturated carbocycles. The Morgan fingerprint density at radius 2 is 2.43 bits per heavy atom. The molecule has 14 heavy (non-hydrogen) atoms. The fourth-order valence-electron chi connectivity index (χ4n) is 1.82. The smallest absolute Gasteiger partial charge is 0.126 e. The number of nitrogens with zero attached hydrogens (tertiary/aromatic N) is 1. The Morgan fingerprint density at radius 3 is 3.00 bits per heavy atom. The third-order valence-electron chi connectivity index (χ3n) is 3.40. The van der Waals surface area contributed by atoms with Gasteiger partial charge in [0.2, 0.25) is 0 Å². The van der Waals surface area contributed by atoms with Crippen molar-refractivity contribution in [1.29, 1.82) is 0 Å². The summed E-state index contributed by atoms with van der Waals surface area (Å²) >= 11 is 0. The van der Waals surface area contributed by atoms with E-state index >= 15 is 0 Å². The minimum Gasteiger partial charge on any atom is -0.367 e. The second-order valence-corrected chi connectivity index (χ2v) is 4.63. The lowest BCUT2D eigenvalue weighted by Crippen LogP contribution is -2.11. The van der Waals surface area contributed by atoms with Gasteiger partial charge in [-0.3, -0.25) is 0 Å². The summed E-state index contributed by atoms with van der Waals surface area (Å²) < 4.78 is 0. The van der Waals surface area contributed by atoms with E-state index < -0.39 is 0 Å². The predicted octanol–water partition coefficient (Wildman–Crippen LogP) is 2.99. The van der Waals surface area contributed by atoms with Crippen LogP contribution in [0, 0.1) is 12.3 Å². The highest BCUT2D eigenvalue weighted by Gasteiger charge is 2.48. The summed E-state index contributed by atoms with van der Waals surface area (Å²) in [7, 11) is 0.